The van der Waals surface area contributed by atoms with E-state index in [1.807, 2.05) is 54.6 Å². The second kappa shape index (κ2) is 21.3. The van der Waals surface area contributed by atoms with Crippen LogP contribution in [0.3, 0.4) is 0 Å². The number of rotatable bonds is 17. The van der Waals surface area contributed by atoms with Crippen LogP contribution >= 0.6 is 36.3 Å². The molecule has 2 N–H and O–H groups in total. The van der Waals surface area contributed by atoms with Crippen LogP contribution in [0.4, 0.5) is 17.1 Å². The zero-order valence-corrected chi connectivity index (χ0v) is 39.2. The fraction of sp³-hybridized carbons (Fsp3) is 0.426. The number of nitro benzene ring substituents is 1. The molecule has 4 aromatic carbocycles. The molecule has 2 fully saturated rings. The molecule has 16 heteroatoms. The van der Waals surface area contributed by atoms with Gasteiger partial charge in [-0.05, 0) is 129 Å². The number of piperazine rings is 1. The van der Waals surface area contributed by atoms with Gasteiger partial charge in [-0.25, -0.2) is 13.1 Å². The Morgan fingerprint density at radius 3 is 2.32 bits per heavy atom. The van der Waals surface area contributed by atoms with Gasteiger partial charge in [-0.2, -0.15) is 0 Å². The van der Waals surface area contributed by atoms with Crippen molar-refractivity contribution in [1.29, 1.82) is 0 Å². The highest BCUT2D eigenvalue weighted by Gasteiger charge is 2.30. The van der Waals surface area contributed by atoms with Crippen molar-refractivity contribution in [1.82, 2.24) is 14.5 Å². The number of hydrogen-bond donors (Lipinski definition) is 3. The molecular weight excluding hydrogens is 876 g/mol. The van der Waals surface area contributed by atoms with Gasteiger partial charge in [-0.3, -0.25) is 19.8 Å². The number of allylic oxidation sites excluding steroid dienone is 1. The van der Waals surface area contributed by atoms with E-state index < -0.39 is 26.5 Å². The quantitative estimate of drug-likeness (QED) is 0.0307. The Balaban J connectivity index is 0.960. The summed E-state index contributed by atoms with van der Waals surface area (Å²) in [6, 6.07) is 28.6. The molecule has 0 saturated carbocycles. The standard InChI is InChI=1S/C47H57ClN6O6S3/c1-47(2)22-18-43(34-8-12-37(48)13-9-34)36(31-47)32-52-26-28-53(29-27-52)39-14-10-35(11-15-39)46(55)50-63(58,59)42-16-17-44(45(30-42)54(56)57)49-38(33-62-41-6-4-3-5-7-41)19-23-51-24-20-40(60-61)21-25-51/h3-17,30,38,40,49,61H,18-29,31-33H2,1-2H3,(H,50,55)/t38-/m1/s1. The molecule has 4 aromatic rings. The zero-order valence-electron chi connectivity index (χ0n) is 35.9. The van der Waals surface area contributed by atoms with Gasteiger partial charge in [-0.1, -0.05) is 61.4 Å². The summed E-state index contributed by atoms with van der Waals surface area (Å²) in [5, 5.41) is 16.5. The monoisotopic (exact) mass is 932 g/mol. The van der Waals surface area contributed by atoms with E-state index >= 15 is 0 Å². The molecule has 0 unspecified atom stereocenters. The van der Waals surface area contributed by atoms with Crippen molar-refractivity contribution in [3.8, 4) is 0 Å². The number of thioether (sulfide) groups is 1. The van der Waals surface area contributed by atoms with E-state index in [1.54, 1.807) is 23.9 Å². The van der Waals surface area contributed by atoms with Crippen molar-refractivity contribution in [2.75, 3.05) is 68.3 Å². The Bertz CT molecular complexity index is 2340. The minimum Gasteiger partial charge on any atom is -0.376 e. The predicted molar refractivity (Wildman–Crippen MR) is 258 cm³/mol. The van der Waals surface area contributed by atoms with Crippen LogP contribution in [0.25, 0.3) is 5.57 Å². The first-order valence-corrected chi connectivity index (χ1v) is 24.8. The number of sulfonamides is 1. The maximum Gasteiger partial charge on any atom is 0.293 e. The summed E-state index contributed by atoms with van der Waals surface area (Å²) in [5.41, 5.74) is 5.37. The lowest BCUT2D eigenvalue weighted by Gasteiger charge is -2.39. The Morgan fingerprint density at radius 2 is 1.65 bits per heavy atom. The summed E-state index contributed by atoms with van der Waals surface area (Å²) in [7, 11) is -4.45. The number of benzene rings is 4. The molecule has 12 nitrogen and oxygen atoms in total. The molecule has 3 aliphatic rings. The number of thiol groups is 1. The van der Waals surface area contributed by atoms with Gasteiger partial charge in [0.05, 0.1) is 15.9 Å². The SMILES string of the molecule is CC1(C)CCC(c2ccc(Cl)cc2)=C(CN2CCN(c3ccc(C(=O)NS(=O)(=O)c4ccc(N[C@H](CCN5CCC(OS)CC5)CSc5ccccc5)c([N+](=O)[O-])c4)cc3)CC2)C1. The highest BCUT2D eigenvalue weighted by Crippen LogP contribution is 2.43. The Labute approximate surface area is 386 Å². The molecule has 1 amide bonds. The maximum absolute atomic E-state index is 13.5. The first-order chi connectivity index (χ1) is 30.2. The van der Waals surface area contributed by atoms with E-state index in [9.17, 15) is 23.3 Å². The smallest absolute Gasteiger partial charge is 0.293 e. The number of carbonyl (C=O) groups excluding carboxylic acids is 1. The molecule has 2 aliphatic heterocycles. The second-order valence-corrected chi connectivity index (χ2v) is 20.9. The highest BCUT2D eigenvalue weighted by atomic mass is 35.5. The number of anilines is 2. The number of amides is 1. The Kier molecular flexibility index (Phi) is 15.8. The lowest BCUT2D eigenvalue weighted by molar-refractivity contribution is -0.384. The molecule has 7 rings (SSSR count). The highest BCUT2D eigenvalue weighted by molar-refractivity contribution is 7.99. The minimum atomic E-state index is -4.45. The van der Waals surface area contributed by atoms with E-state index in [1.165, 1.54) is 28.8 Å². The largest absolute Gasteiger partial charge is 0.376 e. The van der Waals surface area contributed by atoms with Crippen molar-refractivity contribution in [2.24, 2.45) is 5.41 Å². The van der Waals surface area contributed by atoms with Crippen molar-refractivity contribution < 1.29 is 22.3 Å². The number of nitro groups is 1. The molecule has 63 heavy (non-hydrogen) atoms. The minimum absolute atomic E-state index is 0.131. The van der Waals surface area contributed by atoms with Gasteiger partial charge in [-0.15, -0.1) is 11.8 Å². The summed E-state index contributed by atoms with van der Waals surface area (Å²) in [6.45, 7) is 11.5. The van der Waals surface area contributed by atoms with Gasteiger partial charge in [0.25, 0.3) is 21.6 Å². The molecule has 1 atom stereocenters. The van der Waals surface area contributed by atoms with Gasteiger partial charge in [0.15, 0.2) is 0 Å². The van der Waals surface area contributed by atoms with Gasteiger partial charge in [0.2, 0.25) is 0 Å². The van der Waals surface area contributed by atoms with E-state index in [4.69, 9.17) is 15.8 Å². The summed E-state index contributed by atoms with van der Waals surface area (Å²) in [5.74, 6) is -0.189. The third kappa shape index (κ3) is 12.8. The molecule has 1 aliphatic carbocycles. The summed E-state index contributed by atoms with van der Waals surface area (Å²) in [6.07, 6.45) is 5.87. The van der Waals surface area contributed by atoms with Crippen LogP contribution in [0.15, 0.2) is 112 Å². The number of halogens is 1. The lowest BCUT2D eigenvalue weighted by Crippen LogP contribution is -2.47. The first-order valence-electron chi connectivity index (χ1n) is 21.6. The van der Waals surface area contributed by atoms with Gasteiger partial charge < -0.3 is 19.3 Å². The van der Waals surface area contributed by atoms with Gasteiger partial charge in [0.1, 0.15) is 5.69 Å². The zero-order chi connectivity index (χ0) is 44.6. The van der Waals surface area contributed by atoms with Crippen LogP contribution < -0.4 is 14.9 Å². The van der Waals surface area contributed by atoms with Crippen LogP contribution in [0.5, 0.6) is 0 Å². The first kappa shape index (κ1) is 46.9. The maximum atomic E-state index is 13.5. The number of piperidine rings is 1. The third-order valence-corrected chi connectivity index (χ3v) is 15.4. The van der Waals surface area contributed by atoms with Crippen molar-refractivity contribution in [2.45, 2.75) is 74.3 Å². The van der Waals surface area contributed by atoms with E-state index in [0.29, 0.717) is 12.2 Å². The second-order valence-electron chi connectivity index (χ2n) is 17.5. The molecule has 2 heterocycles. The summed E-state index contributed by atoms with van der Waals surface area (Å²) < 4.78 is 34.4. The van der Waals surface area contributed by atoms with Crippen molar-refractivity contribution >= 4 is 74.8 Å². The predicted octanol–water partition coefficient (Wildman–Crippen LogP) is 9.44. The van der Waals surface area contributed by atoms with Crippen LogP contribution in [0, 0.1) is 15.5 Å². The van der Waals surface area contributed by atoms with Crippen LogP contribution in [0.2, 0.25) is 5.02 Å². The molecule has 2 saturated heterocycles. The topological polar surface area (TPSA) is 137 Å². The third-order valence-electron chi connectivity index (χ3n) is 12.4. The number of hydrogen-bond acceptors (Lipinski definition) is 12. The number of nitrogens with zero attached hydrogens (tertiary/aromatic N) is 4. The van der Waals surface area contributed by atoms with E-state index in [0.717, 1.165) is 106 Å². The number of nitrogens with one attached hydrogen (secondary N) is 2. The molecule has 336 valence electrons. The molecule has 0 bridgehead atoms. The summed E-state index contributed by atoms with van der Waals surface area (Å²) >= 11 is 11.8. The fourth-order valence-electron chi connectivity index (χ4n) is 8.72. The van der Waals surface area contributed by atoms with Crippen molar-refractivity contribution in [3.63, 3.8) is 0 Å². The van der Waals surface area contributed by atoms with Gasteiger partial charge >= 0.3 is 0 Å². The number of carbonyl (C=O) groups is 1. The fourth-order valence-corrected chi connectivity index (χ4v) is 11.0. The van der Waals surface area contributed by atoms with E-state index in [-0.39, 0.29) is 33.7 Å². The van der Waals surface area contributed by atoms with Crippen LogP contribution in [0.1, 0.15) is 68.3 Å². The van der Waals surface area contributed by atoms with Gasteiger partial charge in [0, 0.05) is 91.4 Å². The Hall–Kier alpha value is -4.09. The lowest BCUT2D eigenvalue weighted by atomic mass is 9.73. The number of likely N-dealkylation sites (tertiary alicyclic amines) is 1. The summed E-state index contributed by atoms with van der Waals surface area (Å²) in [4.78, 5) is 32.9. The van der Waals surface area contributed by atoms with Crippen molar-refractivity contribution in [3.05, 3.63) is 129 Å². The average Bonchev–Trinajstić information content (AvgIpc) is 3.28. The van der Waals surface area contributed by atoms with E-state index in [2.05, 4.69) is 63.6 Å². The molecule has 0 aromatic heterocycles. The molecule has 0 radical (unpaired) electrons. The Morgan fingerprint density at radius 1 is 0.952 bits per heavy atom. The average molecular weight is 934 g/mol. The normalized spacial score (nSPS) is 18.3. The molecular formula is C47H57ClN6O6S3. The van der Waals surface area contributed by atoms with Crippen LogP contribution in [-0.2, 0) is 14.2 Å². The molecule has 0 spiro atoms. The van der Waals surface area contributed by atoms with Crippen LogP contribution in [-0.4, -0.2) is 99.3 Å².